The number of hydrogen-bond acceptors (Lipinski definition) is 5. The second kappa shape index (κ2) is 10.9. The third-order valence-electron chi connectivity index (χ3n) is 6.98. The number of imidazole rings is 1. The van der Waals surface area contributed by atoms with Gasteiger partial charge in [-0.1, -0.05) is 24.3 Å². The number of pyridine rings is 1. The molecule has 3 heterocycles. The normalized spacial score (nSPS) is 14.7. The quantitative estimate of drug-likeness (QED) is 0.367. The summed E-state index contributed by atoms with van der Waals surface area (Å²) in [6.07, 6.45) is 5.05. The Kier molecular flexibility index (Phi) is 7.28. The molecule has 0 saturated carbocycles. The first-order valence-corrected chi connectivity index (χ1v) is 12.7. The highest BCUT2D eigenvalue weighted by Crippen LogP contribution is 2.32. The molecule has 1 amide bonds. The molecule has 1 fully saturated rings. The summed E-state index contributed by atoms with van der Waals surface area (Å²) >= 11 is 0. The van der Waals surface area contributed by atoms with Crippen LogP contribution in [0.25, 0.3) is 22.4 Å². The van der Waals surface area contributed by atoms with E-state index in [0.717, 1.165) is 73.6 Å². The summed E-state index contributed by atoms with van der Waals surface area (Å²) in [6.45, 7) is 5.65. The summed E-state index contributed by atoms with van der Waals surface area (Å²) in [5, 5.41) is 2.90. The molecule has 1 aliphatic heterocycles. The van der Waals surface area contributed by atoms with Crippen molar-refractivity contribution in [1.82, 2.24) is 19.4 Å². The van der Waals surface area contributed by atoms with Crippen LogP contribution in [0.3, 0.4) is 0 Å². The molecular weight excluding hydrogens is 450 g/mol. The molecule has 0 radical (unpaired) electrons. The summed E-state index contributed by atoms with van der Waals surface area (Å²) in [5.41, 5.74) is 5.24. The SMILES string of the molecule is COc1ncccc1-c1nc2ccccc2n1CCCN1CCC(c2cccc(NC(C)=O)c2)CC1. The van der Waals surface area contributed by atoms with Crippen molar-refractivity contribution in [3.05, 3.63) is 72.4 Å². The van der Waals surface area contributed by atoms with Crippen molar-refractivity contribution in [2.75, 3.05) is 32.1 Å². The Morgan fingerprint density at radius 3 is 2.69 bits per heavy atom. The van der Waals surface area contributed by atoms with Crippen LogP contribution in [0.15, 0.2) is 66.9 Å². The Labute approximate surface area is 212 Å². The minimum Gasteiger partial charge on any atom is -0.480 e. The van der Waals surface area contributed by atoms with Crippen LogP contribution in [0.4, 0.5) is 5.69 Å². The zero-order chi connectivity index (χ0) is 24.9. The highest BCUT2D eigenvalue weighted by Gasteiger charge is 2.21. The molecule has 0 atom stereocenters. The number of nitrogens with zero attached hydrogens (tertiary/aromatic N) is 4. The minimum atomic E-state index is -0.0298. The zero-order valence-electron chi connectivity index (χ0n) is 21.0. The molecule has 1 aliphatic rings. The predicted octanol–water partition coefficient (Wildman–Crippen LogP) is 5.34. The maximum Gasteiger partial charge on any atom is 0.224 e. The van der Waals surface area contributed by atoms with Gasteiger partial charge in [-0.25, -0.2) is 9.97 Å². The summed E-state index contributed by atoms with van der Waals surface area (Å²) in [7, 11) is 1.65. The van der Waals surface area contributed by atoms with Crippen molar-refractivity contribution >= 4 is 22.6 Å². The molecule has 5 rings (SSSR count). The lowest BCUT2D eigenvalue weighted by Gasteiger charge is -2.32. The van der Waals surface area contributed by atoms with Crippen molar-refractivity contribution in [2.45, 2.75) is 38.6 Å². The minimum absolute atomic E-state index is 0.0298. The van der Waals surface area contributed by atoms with Gasteiger partial charge in [0.25, 0.3) is 0 Å². The molecule has 4 aromatic rings. The smallest absolute Gasteiger partial charge is 0.224 e. The van der Waals surface area contributed by atoms with Crippen LogP contribution in [0.1, 0.15) is 37.7 Å². The second-order valence-corrected chi connectivity index (χ2v) is 9.41. The maximum absolute atomic E-state index is 11.4. The Morgan fingerprint density at radius 2 is 1.89 bits per heavy atom. The largest absolute Gasteiger partial charge is 0.480 e. The third kappa shape index (κ3) is 5.26. The number of hydrogen-bond donors (Lipinski definition) is 1. The number of nitrogens with one attached hydrogen (secondary N) is 1. The van der Waals surface area contributed by atoms with Gasteiger partial charge in [0, 0.05) is 25.4 Å². The Balaban J connectivity index is 1.23. The van der Waals surface area contributed by atoms with Gasteiger partial charge in [0.15, 0.2) is 0 Å². The van der Waals surface area contributed by atoms with Gasteiger partial charge in [-0.3, -0.25) is 4.79 Å². The summed E-state index contributed by atoms with van der Waals surface area (Å²) in [4.78, 5) is 23.3. The van der Waals surface area contributed by atoms with E-state index in [4.69, 9.17) is 9.72 Å². The highest BCUT2D eigenvalue weighted by atomic mass is 16.5. The number of methoxy groups -OCH3 is 1. The molecule has 2 aromatic carbocycles. The number of aromatic nitrogens is 3. The van der Waals surface area contributed by atoms with E-state index in [1.165, 1.54) is 5.56 Å². The van der Waals surface area contributed by atoms with Crippen LogP contribution in [-0.4, -0.2) is 52.1 Å². The van der Waals surface area contributed by atoms with Crippen LogP contribution in [0, 0.1) is 0 Å². The maximum atomic E-state index is 11.4. The molecule has 0 unspecified atom stereocenters. The molecule has 7 heteroatoms. The number of fused-ring (bicyclic) bond motifs is 1. The van der Waals surface area contributed by atoms with E-state index < -0.39 is 0 Å². The summed E-state index contributed by atoms with van der Waals surface area (Å²) < 4.78 is 7.83. The Bertz CT molecular complexity index is 1340. The van der Waals surface area contributed by atoms with Crippen molar-refractivity contribution in [1.29, 1.82) is 0 Å². The first-order valence-electron chi connectivity index (χ1n) is 12.7. The molecule has 36 heavy (non-hydrogen) atoms. The van der Waals surface area contributed by atoms with E-state index in [0.29, 0.717) is 11.8 Å². The van der Waals surface area contributed by atoms with Gasteiger partial charge in [-0.15, -0.1) is 0 Å². The van der Waals surface area contributed by atoms with E-state index in [1.807, 2.05) is 30.3 Å². The van der Waals surface area contributed by atoms with Crippen molar-refractivity contribution in [2.24, 2.45) is 0 Å². The van der Waals surface area contributed by atoms with E-state index >= 15 is 0 Å². The number of piperidine rings is 1. The average molecular weight is 484 g/mol. The topological polar surface area (TPSA) is 72.3 Å². The molecule has 1 saturated heterocycles. The lowest BCUT2D eigenvalue weighted by atomic mass is 9.89. The lowest BCUT2D eigenvalue weighted by molar-refractivity contribution is -0.114. The molecule has 0 spiro atoms. The zero-order valence-corrected chi connectivity index (χ0v) is 21.0. The molecule has 0 bridgehead atoms. The number of likely N-dealkylation sites (tertiary alicyclic amines) is 1. The van der Waals surface area contributed by atoms with Crippen molar-refractivity contribution in [3.8, 4) is 17.3 Å². The van der Waals surface area contributed by atoms with E-state index in [-0.39, 0.29) is 5.91 Å². The molecule has 186 valence electrons. The van der Waals surface area contributed by atoms with Crippen LogP contribution in [0.5, 0.6) is 5.88 Å². The number of carbonyl (C=O) groups is 1. The number of para-hydroxylation sites is 2. The molecule has 1 N–H and O–H groups in total. The molecule has 0 aliphatic carbocycles. The Hall–Kier alpha value is -3.71. The van der Waals surface area contributed by atoms with Crippen LogP contribution in [-0.2, 0) is 11.3 Å². The third-order valence-corrected chi connectivity index (χ3v) is 6.98. The van der Waals surface area contributed by atoms with Crippen LogP contribution < -0.4 is 10.1 Å². The van der Waals surface area contributed by atoms with E-state index in [9.17, 15) is 4.79 Å². The fourth-order valence-corrected chi connectivity index (χ4v) is 5.25. The number of rotatable bonds is 8. The number of amides is 1. The van der Waals surface area contributed by atoms with E-state index in [2.05, 4.69) is 50.1 Å². The standard InChI is InChI=1S/C29H33N5O2/c1-21(35)31-24-9-5-8-23(20-24)22-13-18-33(19-14-22)16-7-17-34-27-12-4-3-11-26(27)32-28(34)25-10-6-15-30-29(25)36-2/h3-6,8-12,15,20,22H,7,13-14,16-19H2,1-2H3,(H,31,35). The number of ether oxygens (including phenoxy) is 1. The van der Waals surface area contributed by atoms with Gasteiger partial charge in [0.05, 0.1) is 23.7 Å². The summed E-state index contributed by atoms with van der Waals surface area (Å²) in [5.74, 6) is 2.01. The summed E-state index contributed by atoms with van der Waals surface area (Å²) in [6, 6.07) is 20.5. The number of aryl methyl sites for hydroxylation is 1. The molecular formula is C29H33N5O2. The molecule has 7 nitrogen and oxygen atoms in total. The van der Waals surface area contributed by atoms with Crippen molar-refractivity contribution in [3.63, 3.8) is 0 Å². The molecule has 2 aromatic heterocycles. The Morgan fingerprint density at radius 1 is 1.06 bits per heavy atom. The van der Waals surface area contributed by atoms with Gasteiger partial charge in [0.2, 0.25) is 11.8 Å². The first kappa shape index (κ1) is 24.0. The van der Waals surface area contributed by atoms with E-state index in [1.54, 1.807) is 20.2 Å². The van der Waals surface area contributed by atoms with Gasteiger partial charge in [0.1, 0.15) is 5.82 Å². The monoisotopic (exact) mass is 483 g/mol. The fourth-order valence-electron chi connectivity index (χ4n) is 5.25. The van der Waals surface area contributed by atoms with Gasteiger partial charge in [-0.05, 0) is 86.8 Å². The fraction of sp³-hybridized carbons (Fsp3) is 0.345. The second-order valence-electron chi connectivity index (χ2n) is 9.41. The van der Waals surface area contributed by atoms with Crippen molar-refractivity contribution < 1.29 is 9.53 Å². The van der Waals surface area contributed by atoms with Gasteiger partial charge in [-0.2, -0.15) is 0 Å². The lowest BCUT2D eigenvalue weighted by Crippen LogP contribution is -2.34. The predicted molar refractivity (Wildman–Crippen MR) is 143 cm³/mol. The number of anilines is 1. The average Bonchev–Trinajstić information content (AvgIpc) is 3.27. The van der Waals surface area contributed by atoms with Gasteiger partial charge < -0.3 is 19.5 Å². The van der Waals surface area contributed by atoms with Crippen LogP contribution >= 0.6 is 0 Å². The highest BCUT2D eigenvalue weighted by molar-refractivity contribution is 5.88. The number of benzene rings is 2. The first-order chi connectivity index (χ1) is 17.6. The van der Waals surface area contributed by atoms with Crippen LogP contribution in [0.2, 0.25) is 0 Å². The number of carbonyl (C=O) groups excluding carboxylic acids is 1. The van der Waals surface area contributed by atoms with Gasteiger partial charge >= 0.3 is 0 Å².